The van der Waals surface area contributed by atoms with Gasteiger partial charge in [-0.05, 0) is 44.0 Å². The predicted octanol–water partition coefficient (Wildman–Crippen LogP) is 4.88. The fourth-order valence-electron chi connectivity index (χ4n) is 2.11. The van der Waals surface area contributed by atoms with E-state index in [4.69, 9.17) is 9.47 Å². The summed E-state index contributed by atoms with van der Waals surface area (Å²) < 4.78 is 12.0. The molecule has 0 saturated carbocycles. The van der Waals surface area contributed by atoms with E-state index in [1.54, 1.807) is 17.8 Å². The summed E-state index contributed by atoms with van der Waals surface area (Å²) in [7, 11) is 0. The molecule has 8 heteroatoms. The Labute approximate surface area is 168 Å². The molecule has 1 aromatic carbocycles. The molecule has 1 N–H and O–H groups in total. The Balaban J connectivity index is 1.95. The average molecular weight is 408 g/mol. The van der Waals surface area contributed by atoms with Gasteiger partial charge in [0, 0.05) is 11.8 Å². The first-order chi connectivity index (χ1) is 13.2. The van der Waals surface area contributed by atoms with Crippen molar-refractivity contribution in [2.24, 2.45) is 0 Å². The van der Waals surface area contributed by atoms with Gasteiger partial charge in [-0.3, -0.25) is 10.1 Å². The lowest BCUT2D eigenvalue weighted by Gasteiger charge is -2.11. The van der Waals surface area contributed by atoms with Crippen LogP contribution in [0.5, 0.6) is 11.5 Å². The quantitative estimate of drug-likeness (QED) is 0.248. The monoisotopic (exact) mass is 407 g/mol. The van der Waals surface area contributed by atoms with Crippen molar-refractivity contribution < 1.29 is 14.3 Å². The van der Waals surface area contributed by atoms with Gasteiger partial charge in [-0.15, -0.1) is 10.2 Å². The number of carbonyl (C=O) groups is 1. The molecule has 0 fully saturated rings. The maximum absolute atomic E-state index is 12.1. The van der Waals surface area contributed by atoms with Crippen LogP contribution in [0.3, 0.4) is 0 Å². The van der Waals surface area contributed by atoms with Crippen LogP contribution in [-0.2, 0) is 4.79 Å². The third kappa shape index (κ3) is 7.22. The summed E-state index contributed by atoms with van der Waals surface area (Å²) >= 11 is 3.05. The molecule has 1 amide bonds. The highest BCUT2D eigenvalue weighted by Gasteiger charge is 2.08. The molecular formula is C19H25N3O3S2. The molecule has 0 atom stereocenters. The first kappa shape index (κ1) is 21.2. The highest BCUT2D eigenvalue weighted by molar-refractivity contribution is 8.01. The molecule has 0 aliphatic rings. The lowest BCUT2D eigenvalue weighted by molar-refractivity contribution is -0.111. The van der Waals surface area contributed by atoms with Gasteiger partial charge in [0.15, 0.2) is 15.8 Å². The SMILES string of the molecule is CCCCSc1nnc(NC(=O)/C=C/c2ccc(OCC)c(OCC)c2)s1. The van der Waals surface area contributed by atoms with E-state index in [0.29, 0.717) is 29.8 Å². The van der Waals surface area contributed by atoms with E-state index in [2.05, 4.69) is 22.4 Å². The molecule has 0 spiro atoms. The van der Waals surface area contributed by atoms with E-state index in [1.165, 1.54) is 17.4 Å². The first-order valence-electron chi connectivity index (χ1n) is 9.01. The van der Waals surface area contributed by atoms with Crippen LogP contribution in [0.4, 0.5) is 5.13 Å². The molecule has 146 valence electrons. The van der Waals surface area contributed by atoms with Crippen molar-refractivity contribution in [3.8, 4) is 11.5 Å². The van der Waals surface area contributed by atoms with Crippen molar-refractivity contribution in [2.75, 3.05) is 24.3 Å². The standard InChI is InChI=1S/C19H25N3O3S2/c1-4-7-12-26-19-22-21-18(27-19)20-17(23)11-9-14-8-10-15(24-5-2)16(13-14)25-6-3/h8-11,13H,4-7,12H2,1-3H3,(H,20,21,23)/b11-9+. The first-order valence-corrected chi connectivity index (χ1v) is 10.8. The van der Waals surface area contributed by atoms with E-state index < -0.39 is 0 Å². The molecule has 1 aromatic heterocycles. The minimum absolute atomic E-state index is 0.247. The van der Waals surface area contributed by atoms with Crippen LogP contribution in [0, 0.1) is 0 Å². The van der Waals surface area contributed by atoms with Crippen LogP contribution in [0.2, 0.25) is 0 Å². The van der Waals surface area contributed by atoms with Crippen LogP contribution in [0.15, 0.2) is 28.6 Å². The average Bonchev–Trinajstić information content (AvgIpc) is 3.09. The number of anilines is 1. The van der Waals surface area contributed by atoms with Crippen LogP contribution >= 0.6 is 23.1 Å². The van der Waals surface area contributed by atoms with E-state index >= 15 is 0 Å². The fraction of sp³-hybridized carbons (Fsp3) is 0.421. The molecule has 0 aliphatic heterocycles. The number of carbonyl (C=O) groups excluding carboxylic acids is 1. The second kappa shape index (κ2) is 11.6. The van der Waals surface area contributed by atoms with Crippen LogP contribution < -0.4 is 14.8 Å². The Morgan fingerprint density at radius 3 is 2.70 bits per heavy atom. The largest absolute Gasteiger partial charge is 0.490 e. The highest BCUT2D eigenvalue weighted by Crippen LogP contribution is 2.29. The molecule has 27 heavy (non-hydrogen) atoms. The summed E-state index contributed by atoms with van der Waals surface area (Å²) in [6, 6.07) is 5.58. The number of thioether (sulfide) groups is 1. The van der Waals surface area contributed by atoms with Crippen molar-refractivity contribution >= 4 is 40.2 Å². The summed E-state index contributed by atoms with van der Waals surface area (Å²) in [5.41, 5.74) is 0.852. The summed E-state index contributed by atoms with van der Waals surface area (Å²) in [5.74, 6) is 2.13. The lowest BCUT2D eigenvalue weighted by atomic mass is 10.2. The Morgan fingerprint density at radius 2 is 1.96 bits per heavy atom. The molecule has 0 bridgehead atoms. The van der Waals surface area contributed by atoms with Crippen molar-refractivity contribution in [3.63, 3.8) is 0 Å². The molecule has 2 rings (SSSR count). The number of aromatic nitrogens is 2. The molecule has 2 aromatic rings. The maximum Gasteiger partial charge on any atom is 0.250 e. The number of nitrogens with one attached hydrogen (secondary N) is 1. The summed E-state index contributed by atoms with van der Waals surface area (Å²) in [5, 5.41) is 11.3. The minimum atomic E-state index is -0.247. The summed E-state index contributed by atoms with van der Waals surface area (Å²) in [6.45, 7) is 7.11. The number of hydrogen-bond acceptors (Lipinski definition) is 7. The minimum Gasteiger partial charge on any atom is -0.490 e. The van der Waals surface area contributed by atoms with Crippen molar-refractivity contribution in [2.45, 2.75) is 38.0 Å². The fourth-order valence-corrected chi connectivity index (χ4v) is 4.02. The third-order valence-electron chi connectivity index (χ3n) is 3.35. The second-order valence-electron chi connectivity index (χ2n) is 5.47. The van der Waals surface area contributed by atoms with Gasteiger partial charge < -0.3 is 9.47 Å². The van der Waals surface area contributed by atoms with Gasteiger partial charge in [0.2, 0.25) is 11.0 Å². The van der Waals surface area contributed by atoms with Gasteiger partial charge in [0.25, 0.3) is 0 Å². The Kier molecular flexibility index (Phi) is 9.13. The molecule has 0 aliphatic carbocycles. The van der Waals surface area contributed by atoms with Gasteiger partial charge in [-0.1, -0.05) is 42.5 Å². The zero-order valence-corrected chi connectivity index (χ0v) is 17.5. The van der Waals surface area contributed by atoms with Crippen LogP contribution in [0.25, 0.3) is 6.08 Å². The molecular weight excluding hydrogens is 382 g/mol. The van der Waals surface area contributed by atoms with E-state index in [-0.39, 0.29) is 5.91 Å². The maximum atomic E-state index is 12.1. The topological polar surface area (TPSA) is 73.3 Å². The summed E-state index contributed by atoms with van der Waals surface area (Å²) in [4.78, 5) is 12.1. The number of unbranched alkanes of at least 4 members (excludes halogenated alkanes) is 1. The number of rotatable bonds is 11. The molecule has 1 heterocycles. The zero-order chi connectivity index (χ0) is 19.5. The molecule has 0 unspecified atom stereocenters. The van der Waals surface area contributed by atoms with Crippen molar-refractivity contribution in [1.82, 2.24) is 10.2 Å². The van der Waals surface area contributed by atoms with Gasteiger partial charge in [0.1, 0.15) is 0 Å². The second-order valence-corrected chi connectivity index (χ2v) is 7.79. The number of ether oxygens (including phenoxy) is 2. The van der Waals surface area contributed by atoms with Crippen molar-refractivity contribution in [3.05, 3.63) is 29.8 Å². The normalized spacial score (nSPS) is 10.9. The molecule has 0 saturated heterocycles. The number of nitrogens with zero attached hydrogens (tertiary/aromatic N) is 2. The molecule has 0 radical (unpaired) electrons. The van der Waals surface area contributed by atoms with E-state index in [1.807, 2.05) is 32.0 Å². The Morgan fingerprint density at radius 1 is 1.19 bits per heavy atom. The van der Waals surface area contributed by atoms with Gasteiger partial charge >= 0.3 is 0 Å². The number of hydrogen-bond donors (Lipinski definition) is 1. The van der Waals surface area contributed by atoms with Gasteiger partial charge in [0.05, 0.1) is 13.2 Å². The van der Waals surface area contributed by atoms with E-state index in [0.717, 1.165) is 28.5 Å². The van der Waals surface area contributed by atoms with E-state index in [9.17, 15) is 4.79 Å². The van der Waals surface area contributed by atoms with Crippen LogP contribution in [0.1, 0.15) is 39.2 Å². The number of amides is 1. The lowest BCUT2D eigenvalue weighted by Crippen LogP contribution is -2.07. The molecule has 6 nitrogen and oxygen atoms in total. The summed E-state index contributed by atoms with van der Waals surface area (Å²) in [6.07, 6.45) is 5.49. The smallest absolute Gasteiger partial charge is 0.250 e. The Hall–Kier alpha value is -2.06. The highest BCUT2D eigenvalue weighted by atomic mass is 32.2. The zero-order valence-electron chi connectivity index (χ0n) is 15.9. The number of benzene rings is 1. The van der Waals surface area contributed by atoms with Gasteiger partial charge in [-0.25, -0.2) is 0 Å². The Bertz CT molecular complexity index is 762. The third-order valence-corrected chi connectivity index (χ3v) is 5.41. The van der Waals surface area contributed by atoms with Crippen molar-refractivity contribution in [1.29, 1.82) is 0 Å². The predicted molar refractivity (Wildman–Crippen MR) is 112 cm³/mol. The van der Waals surface area contributed by atoms with Crippen LogP contribution in [-0.4, -0.2) is 35.1 Å². The van der Waals surface area contributed by atoms with Gasteiger partial charge in [-0.2, -0.15) is 0 Å².